The van der Waals surface area contributed by atoms with E-state index in [1.54, 1.807) is 7.11 Å². The molecule has 0 bridgehead atoms. The highest BCUT2D eigenvalue weighted by atomic mass is 16.5. The number of ether oxygens (including phenoxy) is 2. The van der Waals surface area contributed by atoms with Crippen molar-refractivity contribution in [2.75, 3.05) is 33.4 Å². The van der Waals surface area contributed by atoms with Crippen LogP contribution in [0.3, 0.4) is 0 Å². The highest BCUT2D eigenvalue weighted by molar-refractivity contribution is 5.23. The fourth-order valence-corrected chi connectivity index (χ4v) is 2.81. The van der Waals surface area contributed by atoms with Gasteiger partial charge in [0, 0.05) is 33.4 Å². The lowest BCUT2D eigenvalue weighted by molar-refractivity contribution is 0.00562. The maximum absolute atomic E-state index is 5.85. The van der Waals surface area contributed by atoms with Crippen LogP contribution in [0, 0.1) is 0 Å². The number of hydrogen-bond acceptors (Lipinski definition) is 4. The summed E-state index contributed by atoms with van der Waals surface area (Å²) in [5.41, 5.74) is 8.10. The van der Waals surface area contributed by atoms with E-state index in [1.807, 2.05) is 0 Å². The summed E-state index contributed by atoms with van der Waals surface area (Å²) in [5.74, 6) is 0. The van der Waals surface area contributed by atoms with Crippen LogP contribution in [0.5, 0.6) is 0 Å². The Hall–Kier alpha value is -0.940. The van der Waals surface area contributed by atoms with E-state index in [9.17, 15) is 0 Å². The monoisotopic (exact) mass is 292 g/mol. The topological polar surface area (TPSA) is 47.7 Å². The minimum atomic E-state index is 0.424. The molecule has 0 unspecified atom stereocenters. The van der Waals surface area contributed by atoms with Crippen LogP contribution in [0.25, 0.3) is 0 Å². The van der Waals surface area contributed by atoms with Crippen LogP contribution in [0.2, 0.25) is 0 Å². The third-order valence-corrected chi connectivity index (χ3v) is 3.95. The smallest absolute Gasteiger partial charge is 0.0713 e. The zero-order valence-electron chi connectivity index (χ0n) is 13.1. The van der Waals surface area contributed by atoms with E-state index in [2.05, 4.69) is 29.2 Å². The predicted octanol–water partition coefficient (Wildman–Crippen LogP) is 2.16. The number of methoxy groups -OCH3 is 1. The summed E-state index contributed by atoms with van der Waals surface area (Å²) in [5, 5.41) is 0. The average Bonchev–Trinajstić information content (AvgIpc) is 2.50. The van der Waals surface area contributed by atoms with Gasteiger partial charge >= 0.3 is 0 Å². The standard InChI is InChI=1S/C17H28N2O2/c1-20-14-16-5-2-4-15(12-16)13-19-9-6-17(7-10-19)21-11-3-8-18/h2,4-5,12,17H,3,6-11,13-14,18H2,1H3. The molecule has 1 aliphatic heterocycles. The highest BCUT2D eigenvalue weighted by Gasteiger charge is 2.19. The molecular formula is C17H28N2O2. The van der Waals surface area contributed by atoms with Crippen molar-refractivity contribution in [1.82, 2.24) is 4.90 Å². The van der Waals surface area contributed by atoms with E-state index in [0.29, 0.717) is 12.7 Å². The Morgan fingerprint density at radius 1 is 1.24 bits per heavy atom. The first-order valence-corrected chi connectivity index (χ1v) is 7.92. The lowest BCUT2D eigenvalue weighted by atomic mass is 10.1. The zero-order valence-corrected chi connectivity index (χ0v) is 13.1. The van der Waals surface area contributed by atoms with E-state index in [-0.39, 0.29) is 0 Å². The summed E-state index contributed by atoms with van der Waals surface area (Å²) in [6.45, 7) is 5.46. The quantitative estimate of drug-likeness (QED) is 0.746. The molecule has 118 valence electrons. The van der Waals surface area contributed by atoms with Crippen molar-refractivity contribution in [3.05, 3.63) is 35.4 Å². The van der Waals surface area contributed by atoms with Crippen LogP contribution in [-0.4, -0.2) is 44.4 Å². The van der Waals surface area contributed by atoms with Gasteiger partial charge in [0.25, 0.3) is 0 Å². The van der Waals surface area contributed by atoms with Crippen molar-refractivity contribution in [3.63, 3.8) is 0 Å². The van der Waals surface area contributed by atoms with E-state index in [4.69, 9.17) is 15.2 Å². The van der Waals surface area contributed by atoms with Crippen LogP contribution in [0.15, 0.2) is 24.3 Å². The predicted molar refractivity (Wildman–Crippen MR) is 85.1 cm³/mol. The molecular weight excluding hydrogens is 264 g/mol. The Labute approximate surface area is 128 Å². The maximum atomic E-state index is 5.85. The van der Waals surface area contributed by atoms with Gasteiger partial charge < -0.3 is 15.2 Å². The minimum absolute atomic E-state index is 0.424. The second kappa shape index (κ2) is 9.15. The molecule has 0 amide bonds. The number of nitrogens with two attached hydrogens (primary N) is 1. The van der Waals surface area contributed by atoms with Crippen LogP contribution >= 0.6 is 0 Å². The van der Waals surface area contributed by atoms with E-state index < -0.39 is 0 Å². The Morgan fingerprint density at radius 2 is 2.00 bits per heavy atom. The second-order valence-electron chi connectivity index (χ2n) is 5.74. The van der Waals surface area contributed by atoms with Crippen LogP contribution < -0.4 is 5.73 Å². The second-order valence-corrected chi connectivity index (χ2v) is 5.74. The third-order valence-electron chi connectivity index (χ3n) is 3.95. The van der Waals surface area contributed by atoms with Crippen molar-refractivity contribution in [2.45, 2.75) is 38.5 Å². The summed E-state index contributed by atoms with van der Waals surface area (Å²) in [6, 6.07) is 8.67. The SMILES string of the molecule is COCc1cccc(CN2CCC(OCCCN)CC2)c1. The summed E-state index contributed by atoms with van der Waals surface area (Å²) >= 11 is 0. The van der Waals surface area contributed by atoms with Gasteiger partial charge in [0.05, 0.1) is 12.7 Å². The summed E-state index contributed by atoms with van der Waals surface area (Å²) in [4.78, 5) is 2.51. The van der Waals surface area contributed by atoms with Crippen molar-refractivity contribution in [2.24, 2.45) is 5.73 Å². The van der Waals surface area contributed by atoms with Gasteiger partial charge in [-0.1, -0.05) is 24.3 Å². The van der Waals surface area contributed by atoms with Gasteiger partial charge in [-0.2, -0.15) is 0 Å². The van der Waals surface area contributed by atoms with Gasteiger partial charge in [0.1, 0.15) is 0 Å². The molecule has 2 N–H and O–H groups in total. The molecule has 0 aromatic heterocycles. The molecule has 1 saturated heterocycles. The van der Waals surface area contributed by atoms with Crippen molar-refractivity contribution in [3.8, 4) is 0 Å². The number of nitrogens with zero attached hydrogens (tertiary/aromatic N) is 1. The normalized spacial score (nSPS) is 17.2. The first-order chi connectivity index (χ1) is 10.3. The number of likely N-dealkylation sites (tertiary alicyclic amines) is 1. The molecule has 0 atom stereocenters. The molecule has 1 aromatic carbocycles. The van der Waals surface area contributed by atoms with E-state index in [1.165, 1.54) is 11.1 Å². The molecule has 2 rings (SSSR count). The number of piperidine rings is 1. The molecule has 1 heterocycles. The van der Waals surface area contributed by atoms with Gasteiger partial charge in [-0.3, -0.25) is 4.90 Å². The lowest BCUT2D eigenvalue weighted by Crippen LogP contribution is -2.36. The molecule has 0 saturated carbocycles. The first-order valence-electron chi connectivity index (χ1n) is 7.92. The molecule has 4 heteroatoms. The molecule has 1 aromatic rings. The molecule has 21 heavy (non-hydrogen) atoms. The van der Waals surface area contributed by atoms with Gasteiger partial charge in [0.2, 0.25) is 0 Å². The van der Waals surface area contributed by atoms with Crippen molar-refractivity contribution < 1.29 is 9.47 Å². The summed E-state index contributed by atoms with van der Waals surface area (Å²) < 4.78 is 11.0. The fourth-order valence-electron chi connectivity index (χ4n) is 2.81. The van der Waals surface area contributed by atoms with Gasteiger partial charge in [-0.25, -0.2) is 0 Å². The van der Waals surface area contributed by atoms with E-state index >= 15 is 0 Å². The zero-order chi connectivity index (χ0) is 14.9. The van der Waals surface area contributed by atoms with Crippen molar-refractivity contribution in [1.29, 1.82) is 0 Å². The molecule has 0 aliphatic carbocycles. The number of hydrogen-bond donors (Lipinski definition) is 1. The Morgan fingerprint density at radius 3 is 2.71 bits per heavy atom. The first kappa shape index (κ1) is 16.4. The van der Waals surface area contributed by atoms with Gasteiger partial charge in [-0.15, -0.1) is 0 Å². The Kier molecular flexibility index (Phi) is 7.16. The molecule has 4 nitrogen and oxygen atoms in total. The Bertz CT molecular complexity index is 404. The third kappa shape index (κ3) is 5.75. The lowest BCUT2D eigenvalue weighted by Gasteiger charge is -2.32. The molecule has 0 spiro atoms. The minimum Gasteiger partial charge on any atom is -0.380 e. The van der Waals surface area contributed by atoms with Gasteiger partial charge in [-0.05, 0) is 36.9 Å². The number of benzene rings is 1. The Balaban J connectivity index is 1.74. The number of rotatable bonds is 8. The van der Waals surface area contributed by atoms with Crippen LogP contribution in [0.4, 0.5) is 0 Å². The molecule has 1 fully saturated rings. The maximum Gasteiger partial charge on any atom is 0.0713 e. The molecule has 1 aliphatic rings. The van der Waals surface area contributed by atoms with Crippen molar-refractivity contribution >= 4 is 0 Å². The van der Waals surface area contributed by atoms with E-state index in [0.717, 1.165) is 52.0 Å². The average molecular weight is 292 g/mol. The largest absolute Gasteiger partial charge is 0.380 e. The van der Waals surface area contributed by atoms with Crippen LogP contribution in [-0.2, 0) is 22.6 Å². The molecule has 0 radical (unpaired) electrons. The summed E-state index contributed by atoms with van der Waals surface area (Å²) in [6.07, 6.45) is 3.64. The fraction of sp³-hybridized carbons (Fsp3) is 0.647. The highest BCUT2D eigenvalue weighted by Crippen LogP contribution is 2.17. The van der Waals surface area contributed by atoms with Gasteiger partial charge in [0.15, 0.2) is 0 Å². The summed E-state index contributed by atoms with van der Waals surface area (Å²) in [7, 11) is 1.74. The van der Waals surface area contributed by atoms with Crippen LogP contribution in [0.1, 0.15) is 30.4 Å².